The average Bonchev–Trinajstić information content (AvgIpc) is 2.17. The van der Waals surface area contributed by atoms with E-state index in [0.717, 1.165) is 5.69 Å². The van der Waals surface area contributed by atoms with Gasteiger partial charge in [0, 0.05) is 17.3 Å². The van der Waals surface area contributed by atoms with Crippen molar-refractivity contribution >= 4 is 5.78 Å². The molecule has 0 unspecified atom stereocenters. The van der Waals surface area contributed by atoms with Gasteiger partial charge in [-0.3, -0.25) is 4.79 Å². The number of methoxy groups -OCH3 is 1. The van der Waals surface area contributed by atoms with E-state index in [4.69, 9.17) is 4.74 Å². The Hall–Kier alpha value is -1.42. The van der Waals surface area contributed by atoms with Gasteiger partial charge in [-0.25, -0.2) is 4.98 Å². The Morgan fingerprint density at radius 2 is 2.29 bits per heavy atom. The Kier molecular flexibility index (Phi) is 3.59. The molecular weight excluding hydrogens is 180 g/mol. The monoisotopic (exact) mass is 194 g/mol. The molecule has 1 aromatic heterocycles. The van der Waals surface area contributed by atoms with E-state index < -0.39 is 0 Å². The number of hydrogen-bond donors (Lipinski definition) is 1. The van der Waals surface area contributed by atoms with Crippen LogP contribution in [0, 0.1) is 6.92 Å². The van der Waals surface area contributed by atoms with Crippen molar-refractivity contribution in [2.24, 2.45) is 0 Å². The molecule has 0 aliphatic carbocycles. The Morgan fingerprint density at radius 3 is 2.86 bits per heavy atom. The van der Waals surface area contributed by atoms with Crippen molar-refractivity contribution in [2.75, 3.05) is 20.7 Å². The number of ketones is 1. The summed E-state index contributed by atoms with van der Waals surface area (Å²) in [5.74, 6) is 0.515. The lowest BCUT2D eigenvalue weighted by Gasteiger charge is -2.04. The van der Waals surface area contributed by atoms with Gasteiger partial charge in [0.2, 0.25) is 5.88 Å². The summed E-state index contributed by atoms with van der Waals surface area (Å²) in [4.78, 5) is 15.6. The normalized spacial score (nSPS) is 9.93. The summed E-state index contributed by atoms with van der Waals surface area (Å²) in [5, 5.41) is 2.81. The van der Waals surface area contributed by atoms with Crippen molar-refractivity contribution in [3.8, 4) is 5.88 Å². The van der Waals surface area contributed by atoms with Gasteiger partial charge < -0.3 is 10.1 Å². The van der Waals surface area contributed by atoms with Crippen LogP contribution in [-0.4, -0.2) is 31.5 Å². The fraction of sp³-hybridized carbons (Fsp3) is 0.400. The number of hydrogen-bond acceptors (Lipinski definition) is 4. The number of ether oxygens (including phenoxy) is 1. The molecule has 1 aromatic rings. The zero-order valence-electron chi connectivity index (χ0n) is 8.63. The number of nitrogens with zero attached hydrogens (tertiary/aromatic N) is 1. The third-order valence-electron chi connectivity index (χ3n) is 1.80. The Bertz CT molecular complexity index is 337. The van der Waals surface area contributed by atoms with E-state index in [-0.39, 0.29) is 5.78 Å². The predicted molar refractivity (Wildman–Crippen MR) is 53.8 cm³/mol. The van der Waals surface area contributed by atoms with Gasteiger partial charge in [-0.05, 0) is 20.0 Å². The molecule has 14 heavy (non-hydrogen) atoms. The molecule has 76 valence electrons. The highest BCUT2D eigenvalue weighted by molar-refractivity contribution is 5.97. The van der Waals surface area contributed by atoms with Crippen LogP contribution in [0.2, 0.25) is 0 Å². The maximum Gasteiger partial charge on any atom is 0.213 e. The first-order valence-corrected chi connectivity index (χ1v) is 4.38. The van der Waals surface area contributed by atoms with Crippen LogP contribution in [0.25, 0.3) is 0 Å². The second-order valence-electron chi connectivity index (χ2n) is 2.99. The maximum atomic E-state index is 11.5. The molecule has 4 nitrogen and oxygen atoms in total. The molecule has 1 rings (SSSR count). The Labute approximate surface area is 83.3 Å². The second-order valence-corrected chi connectivity index (χ2v) is 2.99. The van der Waals surface area contributed by atoms with Gasteiger partial charge in [0.25, 0.3) is 0 Å². The molecular formula is C10H14N2O2. The summed E-state index contributed by atoms with van der Waals surface area (Å²) in [6, 6.07) is 3.40. The summed E-state index contributed by atoms with van der Waals surface area (Å²) in [7, 11) is 3.28. The van der Waals surface area contributed by atoms with E-state index in [9.17, 15) is 4.79 Å². The van der Waals surface area contributed by atoms with E-state index >= 15 is 0 Å². The predicted octanol–water partition coefficient (Wildman–Crippen LogP) is 0.801. The highest BCUT2D eigenvalue weighted by atomic mass is 16.5. The van der Waals surface area contributed by atoms with Gasteiger partial charge in [-0.1, -0.05) is 0 Å². The number of carbonyl (C=O) groups is 1. The van der Waals surface area contributed by atoms with Crippen molar-refractivity contribution in [2.45, 2.75) is 6.92 Å². The number of Topliss-reactive ketones (excluding diaryl/α,β-unsaturated/α-hetero) is 1. The summed E-state index contributed by atoms with van der Waals surface area (Å²) in [5.41, 5.74) is 1.41. The van der Waals surface area contributed by atoms with Crippen molar-refractivity contribution in [3.05, 3.63) is 23.4 Å². The first kappa shape index (κ1) is 10.7. The number of nitrogens with one attached hydrogen (secondary N) is 1. The molecule has 0 saturated carbocycles. The van der Waals surface area contributed by atoms with Crippen molar-refractivity contribution in [1.82, 2.24) is 10.3 Å². The zero-order chi connectivity index (χ0) is 10.6. The topological polar surface area (TPSA) is 51.2 Å². The molecule has 0 radical (unpaired) electrons. The SMILES string of the molecule is CNCC(=O)c1cc(C)nc(OC)c1. The molecule has 1 N–H and O–H groups in total. The number of carbonyl (C=O) groups excluding carboxylic acids is 1. The van der Waals surface area contributed by atoms with Crippen LogP contribution in [0.1, 0.15) is 16.1 Å². The largest absolute Gasteiger partial charge is 0.481 e. The number of aryl methyl sites for hydroxylation is 1. The van der Waals surface area contributed by atoms with Crippen molar-refractivity contribution in [1.29, 1.82) is 0 Å². The van der Waals surface area contributed by atoms with Crippen molar-refractivity contribution < 1.29 is 9.53 Å². The molecule has 0 aliphatic rings. The van der Waals surface area contributed by atoms with Gasteiger partial charge in [0.1, 0.15) is 0 Å². The lowest BCUT2D eigenvalue weighted by molar-refractivity contribution is 0.0993. The fourth-order valence-electron chi connectivity index (χ4n) is 1.17. The molecule has 0 fully saturated rings. The van der Waals surface area contributed by atoms with Gasteiger partial charge in [0.15, 0.2) is 5.78 Å². The summed E-state index contributed by atoms with van der Waals surface area (Å²) in [6.07, 6.45) is 0. The lowest BCUT2D eigenvalue weighted by atomic mass is 10.1. The highest BCUT2D eigenvalue weighted by Gasteiger charge is 2.07. The third-order valence-corrected chi connectivity index (χ3v) is 1.80. The van der Waals surface area contributed by atoms with Crippen molar-refractivity contribution in [3.63, 3.8) is 0 Å². The molecule has 0 aliphatic heterocycles. The van der Waals surface area contributed by atoms with Crippen LogP contribution in [0.5, 0.6) is 5.88 Å². The van der Waals surface area contributed by atoms with E-state index in [2.05, 4.69) is 10.3 Å². The lowest BCUT2D eigenvalue weighted by Crippen LogP contribution is -2.18. The molecule has 1 heterocycles. The van der Waals surface area contributed by atoms with E-state index in [1.807, 2.05) is 6.92 Å². The van der Waals surface area contributed by atoms with Crippen LogP contribution < -0.4 is 10.1 Å². The van der Waals surface area contributed by atoms with Crippen LogP contribution in [0.4, 0.5) is 0 Å². The fourth-order valence-corrected chi connectivity index (χ4v) is 1.17. The molecule has 0 spiro atoms. The number of likely N-dealkylation sites (N-methyl/N-ethyl adjacent to an activating group) is 1. The second kappa shape index (κ2) is 4.72. The van der Waals surface area contributed by atoms with Crippen LogP contribution >= 0.6 is 0 Å². The number of rotatable bonds is 4. The Morgan fingerprint density at radius 1 is 1.57 bits per heavy atom. The minimum absolute atomic E-state index is 0.0382. The zero-order valence-corrected chi connectivity index (χ0v) is 8.63. The summed E-state index contributed by atoms with van der Waals surface area (Å²) < 4.78 is 4.98. The van der Waals surface area contributed by atoms with E-state index in [1.54, 1.807) is 19.2 Å². The molecule has 0 saturated heterocycles. The highest BCUT2D eigenvalue weighted by Crippen LogP contribution is 2.11. The first-order valence-electron chi connectivity index (χ1n) is 4.38. The quantitative estimate of drug-likeness (QED) is 0.720. The van der Waals surface area contributed by atoms with Crippen LogP contribution in [-0.2, 0) is 0 Å². The molecule has 0 bridgehead atoms. The molecule has 0 aromatic carbocycles. The van der Waals surface area contributed by atoms with E-state index in [0.29, 0.717) is 18.0 Å². The Balaban J connectivity index is 2.96. The minimum Gasteiger partial charge on any atom is -0.481 e. The first-order chi connectivity index (χ1) is 6.67. The van der Waals surface area contributed by atoms with Crippen LogP contribution in [0.3, 0.4) is 0 Å². The standard InChI is InChI=1S/C10H14N2O2/c1-7-4-8(9(13)6-11-2)5-10(12-7)14-3/h4-5,11H,6H2,1-3H3. The number of aromatic nitrogens is 1. The van der Waals surface area contributed by atoms with Gasteiger partial charge in [0.05, 0.1) is 13.7 Å². The van der Waals surface area contributed by atoms with Crippen LogP contribution in [0.15, 0.2) is 12.1 Å². The molecule has 0 atom stereocenters. The summed E-state index contributed by atoms with van der Waals surface area (Å²) >= 11 is 0. The van der Waals surface area contributed by atoms with Gasteiger partial charge >= 0.3 is 0 Å². The third kappa shape index (κ3) is 2.53. The minimum atomic E-state index is 0.0382. The van der Waals surface area contributed by atoms with Gasteiger partial charge in [-0.15, -0.1) is 0 Å². The maximum absolute atomic E-state index is 11.5. The molecule has 4 heteroatoms. The summed E-state index contributed by atoms with van der Waals surface area (Å²) in [6.45, 7) is 2.16. The average molecular weight is 194 g/mol. The smallest absolute Gasteiger partial charge is 0.213 e. The van der Waals surface area contributed by atoms with E-state index in [1.165, 1.54) is 7.11 Å². The van der Waals surface area contributed by atoms with Gasteiger partial charge in [-0.2, -0.15) is 0 Å². The molecule has 0 amide bonds. The number of pyridine rings is 1.